The van der Waals surface area contributed by atoms with Crippen LogP contribution < -0.4 is 0 Å². The Bertz CT molecular complexity index is 149. The topological polar surface area (TPSA) is 20.2 Å². The van der Waals surface area contributed by atoms with E-state index in [1.807, 2.05) is 19.9 Å². The lowest BCUT2D eigenvalue weighted by Gasteiger charge is -2.30. The molecule has 0 aliphatic heterocycles. The first kappa shape index (κ1) is 11.4. The van der Waals surface area contributed by atoms with E-state index in [4.69, 9.17) is 0 Å². The summed E-state index contributed by atoms with van der Waals surface area (Å²) in [4.78, 5) is 0. The van der Waals surface area contributed by atoms with Gasteiger partial charge in [-0.25, -0.2) is 0 Å². The Hall–Kier alpha value is -0.560. The first-order valence-electron chi connectivity index (χ1n) is 4.51. The molecule has 1 N–H and O–H groups in total. The van der Waals surface area contributed by atoms with Crippen LogP contribution in [0.5, 0.6) is 0 Å². The van der Waals surface area contributed by atoms with E-state index in [2.05, 4.69) is 13.2 Å². The van der Waals surface area contributed by atoms with Crippen LogP contribution >= 0.6 is 0 Å². The summed E-state index contributed by atoms with van der Waals surface area (Å²) in [6.07, 6.45) is 5.93. The SMILES string of the molecule is C=CCC[C@](O)(CC=C)C(C)C. The third-order valence-corrected chi connectivity index (χ3v) is 2.35. The molecular formula is C11H20O. The minimum Gasteiger partial charge on any atom is -0.389 e. The van der Waals surface area contributed by atoms with Gasteiger partial charge in [-0.1, -0.05) is 26.0 Å². The fourth-order valence-electron chi connectivity index (χ4n) is 1.23. The van der Waals surface area contributed by atoms with Gasteiger partial charge in [0, 0.05) is 0 Å². The van der Waals surface area contributed by atoms with Gasteiger partial charge < -0.3 is 5.11 Å². The van der Waals surface area contributed by atoms with E-state index in [1.54, 1.807) is 6.08 Å². The summed E-state index contributed by atoms with van der Waals surface area (Å²) in [6, 6.07) is 0. The number of rotatable bonds is 6. The van der Waals surface area contributed by atoms with Crippen LogP contribution in [0.3, 0.4) is 0 Å². The zero-order valence-corrected chi connectivity index (χ0v) is 8.21. The van der Waals surface area contributed by atoms with Crippen molar-refractivity contribution in [2.75, 3.05) is 0 Å². The molecule has 0 bridgehead atoms. The number of hydrogen-bond donors (Lipinski definition) is 1. The summed E-state index contributed by atoms with van der Waals surface area (Å²) in [6.45, 7) is 11.4. The zero-order valence-electron chi connectivity index (χ0n) is 8.21. The molecule has 1 heteroatoms. The normalized spacial score (nSPS) is 15.7. The Kier molecular flexibility index (Phi) is 4.91. The summed E-state index contributed by atoms with van der Waals surface area (Å²) < 4.78 is 0. The van der Waals surface area contributed by atoms with Crippen molar-refractivity contribution in [3.63, 3.8) is 0 Å². The molecule has 0 saturated carbocycles. The number of allylic oxidation sites excluding steroid dienone is 1. The summed E-state index contributed by atoms with van der Waals surface area (Å²) in [7, 11) is 0. The van der Waals surface area contributed by atoms with Gasteiger partial charge in [-0.2, -0.15) is 0 Å². The molecule has 70 valence electrons. The van der Waals surface area contributed by atoms with Crippen molar-refractivity contribution in [1.29, 1.82) is 0 Å². The highest BCUT2D eigenvalue weighted by Crippen LogP contribution is 2.26. The van der Waals surface area contributed by atoms with Crippen molar-refractivity contribution < 1.29 is 5.11 Å². The highest BCUT2D eigenvalue weighted by Gasteiger charge is 2.28. The zero-order chi connectivity index (χ0) is 9.61. The van der Waals surface area contributed by atoms with Gasteiger partial charge in [-0.3, -0.25) is 0 Å². The molecule has 0 aromatic rings. The molecule has 0 fully saturated rings. The van der Waals surface area contributed by atoms with E-state index in [0.717, 1.165) is 12.8 Å². The van der Waals surface area contributed by atoms with Crippen molar-refractivity contribution >= 4 is 0 Å². The van der Waals surface area contributed by atoms with Crippen molar-refractivity contribution in [2.24, 2.45) is 5.92 Å². The second-order valence-corrected chi connectivity index (χ2v) is 3.58. The van der Waals surface area contributed by atoms with Crippen LogP contribution in [-0.4, -0.2) is 10.7 Å². The van der Waals surface area contributed by atoms with E-state index in [9.17, 15) is 5.11 Å². The Morgan fingerprint density at radius 3 is 2.25 bits per heavy atom. The maximum absolute atomic E-state index is 10.1. The fraction of sp³-hybridized carbons (Fsp3) is 0.636. The number of aliphatic hydroxyl groups is 1. The average molecular weight is 168 g/mol. The molecular weight excluding hydrogens is 148 g/mol. The second kappa shape index (κ2) is 5.15. The van der Waals surface area contributed by atoms with Gasteiger partial charge in [0.25, 0.3) is 0 Å². The molecule has 0 heterocycles. The average Bonchev–Trinajstić information content (AvgIpc) is 2.01. The smallest absolute Gasteiger partial charge is 0.0707 e. The monoisotopic (exact) mass is 168 g/mol. The third-order valence-electron chi connectivity index (χ3n) is 2.35. The summed E-state index contributed by atoms with van der Waals surface area (Å²) >= 11 is 0. The molecule has 1 atom stereocenters. The molecule has 0 unspecified atom stereocenters. The first-order valence-corrected chi connectivity index (χ1v) is 4.51. The third kappa shape index (κ3) is 3.22. The van der Waals surface area contributed by atoms with E-state index in [1.165, 1.54) is 0 Å². The van der Waals surface area contributed by atoms with Crippen molar-refractivity contribution in [3.05, 3.63) is 25.3 Å². The van der Waals surface area contributed by atoms with Crippen molar-refractivity contribution in [2.45, 2.75) is 38.7 Å². The van der Waals surface area contributed by atoms with Crippen LogP contribution in [0.15, 0.2) is 25.3 Å². The minimum absolute atomic E-state index is 0.274. The van der Waals surface area contributed by atoms with Crippen molar-refractivity contribution in [3.8, 4) is 0 Å². The second-order valence-electron chi connectivity index (χ2n) is 3.58. The Labute approximate surface area is 75.8 Å². The molecule has 0 spiro atoms. The molecule has 1 nitrogen and oxygen atoms in total. The Morgan fingerprint density at radius 1 is 1.33 bits per heavy atom. The molecule has 0 aliphatic carbocycles. The quantitative estimate of drug-likeness (QED) is 0.605. The highest BCUT2D eigenvalue weighted by molar-refractivity contribution is 4.90. The predicted octanol–water partition coefficient (Wildman–Crippen LogP) is 2.92. The van der Waals surface area contributed by atoms with Gasteiger partial charge in [-0.15, -0.1) is 13.2 Å². The molecule has 12 heavy (non-hydrogen) atoms. The molecule has 0 aliphatic rings. The lowest BCUT2D eigenvalue weighted by Crippen LogP contribution is -2.34. The van der Waals surface area contributed by atoms with Gasteiger partial charge >= 0.3 is 0 Å². The van der Waals surface area contributed by atoms with Gasteiger partial charge in [0.15, 0.2) is 0 Å². The Morgan fingerprint density at radius 2 is 1.92 bits per heavy atom. The van der Waals surface area contributed by atoms with E-state index >= 15 is 0 Å². The van der Waals surface area contributed by atoms with Gasteiger partial charge in [0.05, 0.1) is 5.60 Å². The first-order chi connectivity index (χ1) is 5.56. The molecule has 0 saturated heterocycles. The largest absolute Gasteiger partial charge is 0.389 e. The van der Waals surface area contributed by atoms with Crippen LogP contribution in [0.1, 0.15) is 33.1 Å². The molecule has 0 amide bonds. The lowest BCUT2D eigenvalue weighted by atomic mass is 9.83. The predicted molar refractivity (Wildman–Crippen MR) is 54.0 cm³/mol. The minimum atomic E-state index is -0.587. The Balaban J connectivity index is 4.16. The lowest BCUT2D eigenvalue weighted by molar-refractivity contribution is -0.00926. The maximum Gasteiger partial charge on any atom is 0.0707 e. The summed E-state index contributed by atoms with van der Waals surface area (Å²) in [5, 5.41) is 10.1. The van der Waals surface area contributed by atoms with E-state index in [-0.39, 0.29) is 5.92 Å². The van der Waals surface area contributed by atoms with Crippen LogP contribution in [0.2, 0.25) is 0 Å². The maximum atomic E-state index is 10.1. The summed E-state index contributed by atoms with van der Waals surface area (Å²) in [5.41, 5.74) is -0.587. The fourth-order valence-corrected chi connectivity index (χ4v) is 1.23. The van der Waals surface area contributed by atoms with Crippen molar-refractivity contribution in [1.82, 2.24) is 0 Å². The number of hydrogen-bond acceptors (Lipinski definition) is 1. The standard InChI is InChI=1S/C11H20O/c1-5-7-9-11(12,8-6-2)10(3)4/h5-6,10,12H,1-2,7-9H2,3-4H3/t11-/m1/s1. The van der Waals surface area contributed by atoms with Crippen LogP contribution in [-0.2, 0) is 0 Å². The van der Waals surface area contributed by atoms with Crippen LogP contribution in [0, 0.1) is 5.92 Å². The molecule has 0 aromatic heterocycles. The van der Waals surface area contributed by atoms with Gasteiger partial charge in [-0.05, 0) is 25.2 Å². The molecule has 0 radical (unpaired) electrons. The van der Waals surface area contributed by atoms with Crippen LogP contribution in [0.4, 0.5) is 0 Å². The van der Waals surface area contributed by atoms with Gasteiger partial charge in [0.1, 0.15) is 0 Å². The van der Waals surface area contributed by atoms with E-state index < -0.39 is 5.60 Å². The van der Waals surface area contributed by atoms with Gasteiger partial charge in [0.2, 0.25) is 0 Å². The molecule has 0 rings (SSSR count). The van der Waals surface area contributed by atoms with E-state index in [0.29, 0.717) is 6.42 Å². The molecule has 0 aromatic carbocycles. The van der Waals surface area contributed by atoms with Crippen LogP contribution in [0.25, 0.3) is 0 Å². The summed E-state index contributed by atoms with van der Waals surface area (Å²) in [5.74, 6) is 0.274. The highest BCUT2D eigenvalue weighted by atomic mass is 16.3.